The minimum atomic E-state index is -0.585. The number of carbonyl (C=O) groups excluding carboxylic acids is 2. The average Bonchev–Trinajstić information content (AvgIpc) is 3.34. The lowest BCUT2D eigenvalue weighted by Crippen LogP contribution is -2.40. The first kappa shape index (κ1) is 24.1. The fourth-order valence-electron chi connectivity index (χ4n) is 4.26. The van der Waals surface area contributed by atoms with Crippen LogP contribution in [0.5, 0.6) is 11.6 Å². The van der Waals surface area contributed by atoms with E-state index in [0.717, 1.165) is 11.1 Å². The van der Waals surface area contributed by atoms with E-state index in [9.17, 15) is 9.59 Å². The van der Waals surface area contributed by atoms with Crippen molar-refractivity contribution in [3.05, 3.63) is 59.4 Å². The van der Waals surface area contributed by atoms with Crippen LogP contribution >= 0.6 is 0 Å². The van der Waals surface area contributed by atoms with Crippen LogP contribution in [0.15, 0.2) is 48.3 Å². The molecule has 1 amide bonds. The second-order valence-electron chi connectivity index (χ2n) is 8.68. The number of benzene rings is 1. The molecule has 1 saturated heterocycles. The van der Waals surface area contributed by atoms with Crippen LogP contribution in [0.25, 0.3) is 16.5 Å². The Hall–Kier alpha value is -4.05. The molecular formula is C28H29N3O4. The van der Waals surface area contributed by atoms with Gasteiger partial charge in [-0.15, -0.1) is 0 Å². The maximum Gasteiger partial charge on any atom is 0.295 e. The highest BCUT2D eigenvalue weighted by Gasteiger charge is 2.30. The third kappa shape index (κ3) is 4.92. The van der Waals surface area contributed by atoms with Crippen LogP contribution in [0.1, 0.15) is 42.6 Å². The zero-order chi connectivity index (χ0) is 24.9. The number of amides is 1. The van der Waals surface area contributed by atoms with E-state index in [1.807, 2.05) is 18.2 Å². The van der Waals surface area contributed by atoms with Crippen molar-refractivity contribution >= 4 is 28.2 Å². The standard InChI is InChI=1S/C28H29N3O4/c1-18(2)10-11-21(19-8-6-5-7-9-19)20-12-14-31(15-13-20)28(33)26(32)22-16-29-25-24(22)23(34-3)17-30-27(25)35-4/h5-9,16-18,29H,12-15H2,1-4H3. The van der Waals surface area contributed by atoms with Gasteiger partial charge >= 0.3 is 0 Å². The topological polar surface area (TPSA) is 84.5 Å². The molecule has 0 unspecified atom stereocenters. The predicted octanol–water partition coefficient (Wildman–Crippen LogP) is 4.50. The van der Waals surface area contributed by atoms with Gasteiger partial charge in [-0.25, -0.2) is 4.98 Å². The molecule has 0 radical (unpaired) electrons. The molecule has 0 atom stereocenters. The summed E-state index contributed by atoms with van der Waals surface area (Å²) in [7, 11) is 2.99. The molecule has 4 rings (SSSR count). The first-order valence-electron chi connectivity index (χ1n) is 11.6. The molecule has 7 nitrogen and oxygen atoms in total. The van der Waals surface area contributed by atoms with E-state index in [-0.39, 0.29) is 11.5 Å². The van der Waals surface area contributed by atoms with Gasteiger partial charge in [0.25, 0.3) is 11.7 Å². The number of ketones is 1. The summed E-state index contributed by atoms with van der Waals surface area (Å²) in [5, 5.41) is 0.491. The summed E-state index contributed by atoms with van der Waals surface area (Å²) in [5.74, 6) is 6.51. The van der Waals surface area contributed by atoms with E-state index in [4.69, 9.17) is 9.47 Å². The molecule has 0 saturated carbocycles. The fourth-order valence-corrected chi connectivity index (χ4v) is 4.26. The minimum Gasteiger partial charge on any atom is -0.494 e. The largest absolute Gasteiger partial charge is 0.494 e. The number of pyridine rings is 1. The van der Waals surface area contributed by atoms with Gasteiger partial charge in [0.1, 0.15) is 11.3 Å². The number of H-pyrrole nitrogens is 1. The van der Waals surface area contributed by atoms with Crippen molar-refractivity contribution in [1.82, 2.24) is 14.9 Å². The van der Waals surface area contributed by atoms with Crippen LogP contribution in [0.2, 0.25) is 0 Å². The van der Waals surface area contributed by atoms with Gasteiger partial charge in [-0.2, -0.15) is 0 Å². The van der Waals surface area contributed by atoms with E-state index < -0.39 is 11.7 Å². The normalized spacial score (nSPS) is 13.4. The highest BCUT2D eigenvalue weighted by molar-refractivity contribution is 6.45. The van der Waals surface area contributed by atoms with Gasteiger partial charge in [0.2, 0.25) is 5.88 Å². The molecule has 7 heteroatoms. The molecule has 3 heterocycles. The number of Topliss-reactive ketones (excluding diaryl/α,β-unsaturated/α-hetero) is 1. The number of nitrogens with one attached hydrogen (secondary N) is 1. The van der Waals surface area contributed by atoms with Crippen molar-refractivity contribution in [3.63, 3.8) is 0 Å². The Morgan fingerprint density at radius 1 is 1.09 bits per heavy atom. The molecule has 0 spiro atoms. The van der Waals surface area contributed by atoms with Crippen molar-refractivity contribution in [2.24, 2.45) is 5.92 Å². The number of piperidine rings is 1. The summed E-state index contributed by atoms with van der Waals surface area (Å²) >= 11 is 0. The Labute approximate surface area is 205 Å². The number of nitrogens with zero attached hydrogens (tertiary/aromatic N) is 2. The third-order valence-electron chi connectivity index (χ3n) is 6.05. The lowest BCUT2D eigenvalue weighted by atomic mass is 9.92. The first-order valence-corrected chi connectivity index (χ1v) is 11.6. The average molecular weight is 472 g/mol. The molecule has 1 aromatic carbocycles. The van der Waals surface area contributed by atoms with Gasteiger partial charge in [0.05, 0.1) is 31.4 Å². The molecule has 0 bridgehead atoms. The summed E-state index contributed by atoms with van der Waals surface area (Å²) in [6.07, 6.45) is 4.34. The molecule has 1 aliphatic rings. The van der Waals surface area contributed by atoms with Crippen LogP contribution in [-0.4, -0.2) is 53.9 Å². The Morgan fingerprint density at radius 3 is 2.43 bits per heavy atom. The molecule has 1 N–H and O–H groups in total. The number of allylic oxidation sites excluding steroid dienone is 1. The molecule has 1 fully saturated rings. The van der Waals surface area contributed by atoms with E-state index >= 15 is 0 Å². The number of hydrogen-bond acceptors (Lipinski definition) is 5. The van der Waals surface area contributed by atoms with E-state index in [1.54, 1.807) is 4.90 Å². The van der Waals surface area contributed by atoms with E-state index in [1.165, 1.54) is 32.2 Å². The number of rotatable bonds is 5. The zero-order valence-corrected chi connectivity index (χ0v) is 20.5. The lowest BCUT2D eigenvalue weighted by Gasteiger charge is -2.29. The SMILES string of the molecule is COc1ncc(OC)c2c(C(=O)C(=O)N3CCC(=C(C#CC(C)C)c4ccccc4)CC3)c[nH]c12. The van der Waals surface area contributed by atoms with Crippen LogP contribution in [0.4, 0.5) is 0 Å². The molecule has 1 aliphatic heterocycles. The smallest absolute Gasteiger partial charge is 0.295 e. The highest BCUT2D eigenvalue weighted by atomic mass is 16.5. The molecule has 0 aliphatic carbocycles. The van der Waals surface area contributed by atoms with Gasteiger partial charge < -0.3 is 19.4 Å². The van der Waals surface area contributed by atoms with Crippen molar-refractivity contribution in [2.45, 2.75) is 26.7 Å². The number of methoxy groups -OCH3 is 2. The third-order valence-corrected chi connectivity index (χ3v) is 6.05. The van der Waals surface area contributed by atoms with Gasteiger partial charge in [-0.3, -0.25) is 9.59 Å². The highest BCUT2D eigenvalue weighted by Crippen LogP contribution is 2.34. The van der Waals surface area contributed by atoms with Gasteiger partial charge in [-0.05, 0) is 18.4 Å². The number of hydrogen-bond donors (Lipinski definition) is 1. The Balaban J connectivity index is 1.58. The quantitative estimate of drug-likeness (QED) is 0.337. The molecule has 2 aromatic heterocycles. The number of aromatic amines is 1. The van der Waals surface area contributed by atoms with Crippen molar-refractivity contribution in [3.8, 4) is 23.5 Å². The second-order valence-corrected chi connectivity index (χ2v) is 8.68. The maximum atomic E-state index is 13.2. The maximum absolute atomic E-state index is 13.2. The van der Waals surface area contributed by atoms with Crippen LogP contribution in [-0.2, 0) is 4.79 Å². The Bertz CT molecular complexity index is 1330. The summed E-state index contributed by atoms with van der Waals surface area (Å²) in [5.41, 5.74) is 4.09. The number of ether oxygens (including phenoxy) is 2. The Kier molecular flexibility index (Phi) is 7.21. The molecule has 35 heavy (non-hydrogen) atoms. The van der Waals surface area contributed by atoms with Gasteiger partial charge in [0, 0.05) is 30.8 Å². The Morgan fingerprint density at radius 2 is 1.80 bits per heavy atom. The molecular weight excluding hydrogens is 442 g/mol. The van der Waals surface area contributed by atoms with Crippen LogP contribution in [0.3, 0.4) is 0 Å². The zero-order valence-electron chi connectivity index (χ0n) is 20.5. The predicted molar refractivity (Wildman–Crippen MR) is 135 cm³/mol. The minimum absolute atomic E-state index is 0.247. The first-order chi connectivity index (χ1) is 16.9. The number of aromatic nitrogens is 2. The number of fused-ring (bicyclic) bond motifs is 1. The summed E-state index contributed by atoms with van der Waals surface area (Å²) < 4.78 is 10.7. The lowest BCUT2D eigenvalue weighted by molar-refractivity contribution is -0.126. The number of carbonyl (C=O) groups is 2. The van der Waals surface area contributed by atoms with Crippen LogP contribution < -0.4 is 9.47 Å². The molecule has 3 aromatic rings. The van der Waals surface area contributed by atoms with Gasteiger partial charge in [0.15, 0.2) is 0 Å². The van der Waals surface area contributed by atoms with Crippen molar-refractivity contribution in [1.29, 1.82) is 0 Å². The van der Waals surface area contributed by atoms with Crippen molar-refractivity contribution < 1.29 is 19.1 Å². The number of likely N-dealkylation sites (tertiary alicyclic amines) is 1. The fraction of sp³-hybridized carbons (Fsp3) is 0.321. The van der Waals surface area contributed by atoms with Gasteiger partial charge in [-0.1, -0.05) is 61.6 Å². The monoisotopic (exact) mass is 471 g/mol. The molecule has 180 valence electrons. The summed E-state index contributed by atoms with van der Waals surface area (Å²) in [6.45, 7) is 5.06. The van der Waals surface area contributed by atoms with Crippen molar-refractivity contribution in [2.75, 3.05) is 27.3 Å². The second kappa shape index (κ2) is 10.5. The van der Waals surface area contributed by atoms with E-state index in [2.05, 4.69) is 47.8 Å². The summed E-state index contributed by atoms with van der Waals surface area (Å²) in [6, 6.07) is 10.1. The van der Waals surface area contributed by atoms with E-state index in [0.29, 0.717) is 48.5 Å². The van der Waals surface area contributed by atoms with Crippen LogP contribution in [0, 0.1) is 17.8 Å². The summed E-state index contributed by atoms with van der Waals surface area (Å²) in [4.78, 5) is 35.2.